The predicted octanol–water partition coefficient (Wildman–Crippen LogP) is 5.19. The van der Waals surface area contributed by atoms with Crippen LogP contribution in [0, 0.1) is 0 Å². The summed E-state index contributed by atoms with van der Waals surface area (Å²) in [4.78, 5) is 31.8. The molecule has 0 aromatic heterocycles. The summed E-state index contributed by atoms with van der Waals surface area (Å²) in [5, 5.41) is 38.6. The summed E-state index contributed by atoms with van der Waals surface area (Å²) in [6.07, 6.45) is 0. The van der Waals surface area contributed by atoms with Gasteiger partial charge in [-0.3, -0.25) is 0 Å². The maximum atomic E-state index is 10.6. The van der Waals surface area contributed by atoms with Gasteiger partial charge < -0.3 is 29.7 Å². The predicted molar refractivity (Wildman–Crippen MR) is 166 cm³/mol. The van der Waals surface area contributed by atoms with Crippen molar-refractivity contribution in [1.29, 1.82) is 0 Å². The number of halogens is 3. The van der Waals surface area contributed by atoms with Crippen molar-refractivity contribution in [2.45, 2.75) is 0 Å². The molecule has 0 saturated carbocycles. The van der Waals surface area contributed by atoms with Gasteiger partial charge in [0.2, 0.25) is 0 Å². The van der Waals surface area contributed by atoms with E-state index in [2.05, 4.69) is 0 Å². The van der Waals surface area contributed by atoms with Crippen LogP contribution in [-0.2, 0) is 0 Å². The molecule has 0 saturated heterocycles. The number of aromatic carboxylic acids is 3. The first-order valence-corrected chi connectivity index (χ1v) is 13.4. The van der Waals surface area contributed by atoms with Crippen LogP contribution in [0.25, 0.3) is 32.3 Å². The molecule has 43 heavy (non-hydrogen) atoms. The van der Waals surface area contributed by atoms with Crippen molar-refractivity contribution in [3.8, 4) is 0 Å². The second-order valence-electron chi connectivity index (χ2n) is 8.89. The van der Waals surface area contributed by atoms with Crippen LogP contribution in [0.3, 0.4) is 0 Å². The van der Waals surface area contributed by atoms with Gasteiger partial charge in [0.05, 0.1) is 17.9 Å². The van der Waals surface area contributed by atoms with Gasteiger partial charge in [0.25, 0.3) is 0 Å². The van der Waals surface area contributed by atoms with Gasteiger partial charge in [0.1, 0.15) is 0 Å². The maximum Gasteiger partial charge on any atom is 3.00 e. The molecule has 0 radical (unpaired) electrons. The van der Waals surface area contributed by atoms with Crippen molar-refractivity contribution in [3.05, 3.63) is 141 Å². The fourth-order valence-electron chi connectivity index (χ4n) is 4.11. The zero-order valence-corrected chi connectivity index (χ0v) is 26.7. The number of benzene rings is 6. The Morgan fingerprint density at radius 1 is 0.419 bits per heavy atom. The molecule has 0 amide bonds. The third kappa shape index (κ3) is 8.31. The van der Waals surface area contributed by atoms with E-state index < -0.39 is 17.9 Å². The number of hydrogen-bond donors (Lipinski definition) is 0. The number of carboxylic acids is 3. The van der Waals surface area contributed by atoms with E-state index in [4.69, 9.17) is 34.8 Å². The van der Waals surface area contributed by atoms with Crippen LogP contribution < -0.4 is 15.3 Å². The minimum Gasteiger partial charge on any atom is -0.545 e. The van der Waals surface area contributed by atoms with E-state index in [0.29, 0.717) is 15.1 Å². The minimum absolute atomic E-state index is 0. The van der Waals surface area contributed by atoms with Crippen LogP contribution in [0.4, 0.5) is 0 Å². The molecule has 6 aromatic rings. The molecule has 10 heteroatoms. The fraction of sp³-hybridized carbons (Fsp3) is 0. The van der Waals surface area contributed by atoms with E-state index in [-0.39, 0.29) is 36.5 Å². The normalized spacial score (nSPS) is 10.1. The van der Waals surface area contributed by atoms with Gasteiger partial charge in [0.15, 0.2) is 0 Å². The molecule has 0 N–H and O–H groups in total. The largest absolute Gasteiger partial charge is 3.00 e. The first-order chi connectivity index (χ1) is 20.0. The molecule has 0 aliphatic heterocycles. The van der Waals surface area contributed by atoms with E-state index in [9.17, 15) is 29.7 Å². The van der Waals surface area contributed by atoms with Crippen molar-refractivity contribution in [2.24, 2.45) is 0 Å². The molecule has 0 aliphatic rings. The number of carbonyl (C=O) groups is 3. The van der Waals surface area contributed by atoms with Gasteiger partial charge in [-0.2, -0.15) is 0 Å². The topological polar surface area (TPSA) is 120 Å². The Morgan fingerprint density at radius 2 is 0.674 bits per heavy atom. The summed E-state index contributed by atoms with van der Waals surface area (Å²) < 4.78 is 0. The van der Waals surface area contributed by atoms with Crippen molar-refractivity contribution < 1.29 is 29.7 Å². The Hall–Kier alpha value is -3.98. The second kappa shape index (κ2) is 15.0. The summed E-state index contributed by atoms with van der Waals surface area (Å²) in [6, 6.07) is 30.3. The van der Waals surface area contributed by atoms with Crippen molar-refractivity contribution >= 4 is 105 Å². The molecule has 0 fully saturated rings. The van der Waals surface area contributed by atoms with Gasteiger partial charge in [-0.15, -0.1) is 0 Å². The van der Waals surface area contributed by atoms with Gasteiger partial charge >= 0.3 is 19.8 Å². The van der Waals surface area contributed by atoms with E-state index in [1.165, 1.54) is 18.2 Å². The Labute approximate surface area is 274 Å². The average molecular weight is 687 g/mol. The summed E-state index contributed by atoms with van der Waals surface area (Å²) in [6.45, 7) is 0. The van der Waals surface area contributed by atoms with E-state index in [1.54, 1.807) is 72.8 Å². The zero-order valence-electron chi connectivity index (χ0n) is 22.1. The van der Waals surface area contributed by atoms with Gasteiger partial charge in [-0.1, -0.05) is 108 Å². The monoisotopic (exact) mass is 684 g/mol. The van der Waals surface area contributed by atoms with Crippen molar-refractivity contribution in [3.63, 3.8) is 0 Å². The maximum absolute atomic E-state index is 10.6. The van der Waals surface area contributed by atoms with E-state index >= 15 is 0 Å². The molecular weight excluding hydrogens is 668 g/mol. The van der Waals surface area contributed by atoms with Crippen molar-refractivity contribution in [2.75, 3.05) is 0 Å². The number of hydrogen-bond acceptors (Lipinski definition) is 6. The quantitative estimate of drug-likeness (QED) is 0.237. The average Bonchev–Trinajstić information content (AvgIpc) is 2.97. The van der Waals surface area contributed by atoms with Gasteiger partial charge in [-0.25, -0.2) is 0 Å². The van der Waals surface area contributed by atoms with Crippen LogP contribution in [-0.4, -0.2) is 37.7 Å². The standard InChI is InChI=1S/3C11H7ClO2.Ga/c3*12-10-3-1-2-7-6-8(11(13)14)4-5-9(7)10;/h3*1-6H,(H,13,14);/q;;;+3/p-3. The smallest absolute Gasteiger partial charge is 0.545 e. The molecule has 0 unspecified atom stereocenters. The SMILES string of the molecule is O=C([O-])c1ccc2c(Cl)cccc2c1.O=C([O-])c1ccc2c(Cl)cccc2c1.O=C([O-])c1ccc2c(Cl)cccc2c1.[Ga+3]. The van der Waals surface area contributed by atoms with Gasteiger partial charge in [0, 0.05) is 31.2 Å². The minimum atomic E-state index is -1.17. The molecule has 0 spiro atoms. The fourth-order valence-corrected chi connectivity index (χ4v) is 4.85. The number of fused-ring (bicyclic) bond motifs is 3. The summed E-state index contributed by atoms with van der Waals surface area (Å²) in [5.41, 5.74) is 0.499. The molecule has 0 atom stereocenters. The van der Waals surface area contributed by atoms with Crippen LogP contribution in [0.1, 0.15) is 31.1 Å². The molecule has 0 aliphatic carbocycles. The first kappa shape index (κ1) is 33.5. The molecule has 6 nitrogen and oxygen atoms in total. The first-order valence-electron chi connectivity index (χ1n) is 12.2. The molecule has 0 heterocycles. The van der Waals surface area contributed by atoms with Crippen LogP contribution in [0.2, 0.25) is 15.1 Å². The van der Waals surface area contributed by atoms with Crippen LogP contribution in [0.5, 0.6) is 0 Å². The van der Waals surface area contributed by atoms with Gasteiger partial charge in [-0.05, 0) is 69.2 Å². The van der Waals surface area contributed by atoms with Crippen LogP contribution >= 0.6 is 34.8 Å². The summed E-state index contributed by atoms with van der Waals surface area (Å²) >= 11 is 17.8. The third-order valence-electron chi connectivity index (χ3n) is 6.19. The second-order valence-corrected chi connectivity index (χ2v) is 10.1. The number of rotatable bonds is 3. The Kier molecular flexibility index (Phi) is 11.7. The Balaban J connectivity index is 0.000000175. The number of carbonyl (C=O) groups excluding carboxylic acids is 3. The molecule has 210 valence electrons. The molecule has 6 aromatic carbocycles. The Morgan fingerprint density at radius 3 is 0.907 bits per heavy atom. The van der Waals surface area contributed by atoms with Crippen molar-refractivity contribution in [1.82, 2.24) is 0 Å². The molecule has 6 rings (SSSR count). The molecular formula is C33H18Cl3GaO6. The molecule has 0 bridgehead atoms. The van der Waals surface area contributed by atoms with E-state index in [0.717, 1.165) is 32.3 Å². The number of carboxylic acid groups (broad SMARTS) is 3. The third-order valence-corrected chi connectivity index (χ3v) is 7.18. The summed E-state index contributed by atoms with van der Waals surface area (Å²) in [7, 11) is 0. The zero-order chi connectivity index (χ0) is 30.4. The Bertz CT molecular complexity index is 1750. The van der Waals surface area contributed by atoms with Crippen LogP contribution in [0.15, 0.2) is 109 Å². The summed E-state index contributed by atoms with van der Waals surface area (Å²) in [5.74, 6) is -3.52. The van der Waals surface area contributed by atoms with E-state index in [1.807, 2.05) is 18.2 Å².